The predicted octanol–water partition coefficient (Wildman–Crippen LogP) is 2.22. The molecular weight excluding hydrogens is 202 g/mol. The second-order valence-electron chi connectivity index (χ2n) is 4.01. The van der Waals surface area contributed by atoms with Crippen molar-refractivity contribution in [2.45, 2.75) is 6.42 Å². The van der Waals surface area contributed by atoms with E-state index >= 15 is 0 Å². The van der Waals surface area contributed by atoms with E-state index in [1.54, 1.807) is 6.42 Å². The number of para-hydroxylation sites is 1. The Kier molecular flexibility index (Phi) is 2.17. The van der Waals surface area contributed by atoms with Gasteiger partial charge < -0.3 is 9.32 Å². The summed E-state index contributed by atoms with van der Waals surface area (Å²) in [5, 5.41) is 1.03. The Morgan fingerprint density at radius 2 is 2.12 bits per heavy atom. The molecule has 0 aliphatic carbocycles. The number of hydrogen-bond acceptors (Lipinski definition) is 2. The van der Waals surface area contributed by atoms with Crippen molar-refractivity contribution in [3.05, 3.63) is 42.5 Å². The number of benzene rings is 1. The van der Waals surface area contributed by atoms with Crippen molar-refractivity contribution < 1.29 is 9.21 Å². The molecule has 1 aliphatic rings. The number of nitrogens with zero attached hydrogens (tertiary/aromatic N) is 1. The summed E-state index contributed by atoms with van der Waals surface area (Å²) in [5.74, 6) is 0.684. The molecule has 1 saturated heterocycles. The Bertz CT molecular complexity index is 492. The highest BCUT2D eigenvalue weighted by Gasteiger charge is 2.21. The zero-order valence-corrected chi connectivity index (χ0v) is 8.85. The zero-order valence-electron chi connectivity index (χ0n) is 8.85. The molecule has 3 rings (SSSR count). The van der Waals surface area contributed by atoms with Crippen molar-refractivity contribution in [3.8, 4) is 0 Å². The Morgan fingerprint density at radius 1 is 1.31 bits per heavy atom. The van der Waals surface area contributed by atoms with Gasteiger partial charge >= 0.3 is 0 Å². The monoisotopic (exact) mass is 214 g/mol. The maximum Gasteiger partial charge on any atom is 0.234 e. The summed E-state index contributed by atoms with van der Waals surface area (Å²) in [6.07, 6.45) is 2.68. The third kappa shape index (κ3) is 1.58. The van der Waals surface area contributed by atoms with Crippen LogP contribution in [0.2, 0.25) is 0 Å². The molecule has 2 aromatic rings. The highest BCUT2D eigenvalue weighted by atomic mass is 16.3. The molecule has 3 nitrogen and oxygen atoms in total. The molecule has 0 unspecified atom stereocenters. The molecule has 16 heavy (non-hydrogen) atoms. The average molecular weight is 214 g/mol. The van der Waals surface area contributed by atoms with Crippen LogP contribution in [0.5, 0.6) is 0 Å². The van der Waals surface area contributed by atoms with Crippen molar-refractivity contribution in [2.24, 2.45) is 0 Å². The molecule has 1 aliphatic heterocycles. The lowest BCUT2D eigenvalue weighted by molar-refractivity contribution is -0.130. The maximum absolute atomic E-state index is 11.7. The highest BCUT2D eigenvalue weighted by Crippen LogP contribution is 2.21. The molecule has 0 saturated carbocycles. The van der Waals surface area contributed by atoms with Gasteiger partial charge in [-0.15, -0.1) is 0 Å². The molecule has 1 fully saturated rings. The van der Waals surface area contributed by atoms with Gasteiger partial charge in [-0.3, -0.25) is 4.79 Å². The third-order valence-corrected chi connectivity index (χ3v) is 2.88. The number of carbonyl (C=O) groups is 1. The van der Waals surface area contributed by atoms with Gasteiger partial charge in [-0.05, 0) is 18.6 Å². The van der Waals surface area contributed by atoms with E-state index in [1.165, 1.54) is 0 Å². The van der Waals surface area contributed by atoms with Crippen molar-refractivity contribution in [1.29, 1.82) is 0 Å². The number of fused-ring (bicyclic) bond motifs is 1. The highest BCUT2D eigenvalue weighted by molar-refractivity contribution is 5.90. The largest absolute Gasteiger partial charge is 0.460 e. The minimum atomic E-state index is 0.0466. The average Bonchev–Trinajstić information content (AvgIpc) is 2.56. The van der Waals surface area contributed by atoms with Crippen LogP contribution in [0, 0.1) is 6.42 Å². The van der Waals surface area contributed by atoms with E-state index in [9.17, 15) is 4.79 Å². The molecule has 1 aromatic carbocycles. The van der Waals surface area contributed by atoms with Gasteiger partial charge in [0.05, 0.1) is 0 Å². The Balaban J connectivity index is 1.80. The summed E-state index contributed by atoms with van der Waals surface area (Å²) in [6.45, 7) is 1.74. The van der Waals surface area contributed by atoms with Gasteiger partial charge in [-0.1, -0.05) is 18.2 Å². The normalized spacial score (nSPS) is 15.1. The summed E-state index contributed by atoms with van der Waals surface area (Å²) in [4.78, 5) is 13.5. The van der Waals surface area contributed by atoms with Crippen LogP contribution in [0.15, 0.2) is 34.7 Å². The molecule has 1 aromatic heterocycles. The van der Waals surface area contributed by atoms with Gasteiger partial charge in [-0.2, -0.15) is 0 Å². The first-order valence-electron chi connectivity index (χ1n) is 5.45. The Labute approximate surface area is 93.6 Å². The Morgan fingerprint density at radius 3 is 2.81 bits per heavy atom. The van der Waals surface area contributed by atoms with E-state index in [2.05, 4.69) is 0 Å². The molecule has 0 N–H and O–H groups in total. The van der Waals surface area contributed by atoms with Crippen molar-refractivity contribution in [2.75, 3.05) is 13.1 Å². The molecule has 81 valence electrons. The van der Waals surface area contributed by atoms with Crippen molar-refractivity contribution >= 4 is 16.9 Å². The zero-order chi connectivity index (χ0) is 11.0. The molecule has 1 radical (unpaired) electrons. The fourth-order valence-electron chi connectivity index (χ4n) is 1.82. The first kappa shape index (κ1) is 9.46. The number of likely N-dealkylation sites (tertiary alicyclic amines) is 1. The van der Waals surface area contributed by atoms with Crippen LogP contribution in [0.1, 0.15) is 12.2 Å². The van der Waals surface area contributed by atoms with Crippen LogP contribution in [-0.4, -0.2) is 23.9 Å². The van der Waals surface area contributed by atoms with E-state index in [0.717, 1.165) is 30.5 Å². The molecule has 2 heterocycles. The van der Waals surface area contributed by atoms with Gasteiger partial charge in [0.15, 0.2) is 0 Å². The smallest absolute Gasteiger partial charge is 0.234 e. The second-order valence-corrected chi connectivity index (χ2v) is 4.01. The first-order valence-corrected chi connectivity index (χ1v) is 5.45. The molecule has 0 atom stereocenters. The summed E-state index contributed by atoms with van der Waals surface area (Å²) in [7, 11) is 0. The fraction of sp³-hybridized carbons (Fsp3) is 0.231. The quantitative estimate of drug-likeness (QED) is 0.768. The lowest BCUT2D eigenvalue weighted by Crippen LogP contribution is -2.42. The van der Waals surface area contributed by atoms with E-state index < -0.39 is 0 Å². The van der Waals surface area contributed by atoms with Crippen LogP contribution in [-0.2, 0) is 4.79 Å². The van der Waals surface area contributed by atoms with Gasteiger partial charge in [0.25, 0.3) is 0 Å². The fourth-order valence-corrected chi connectivity index (χ4v) is 1.82. The SMILES string of the molecule is O=C([CH]c1cc2ccccc2o1)N1CCC1. The van der Waals surface area contributed by atoms with Gasteiger partial charge in [0, 0.05) is 18.5 Å². The summed E-state index contributed by atoms with van der Waals surface area (Å²) >= 11 is 0. The van der Waals surface area contributed by atoms with Gasteiger partial charge in [0.1, 0.15) is 17.8 Å². The molecular formula is C13H12NO2. The maximum atomic E-state index is 11.7. The van der Waals surface area contributed by atoms with Crippen molar-refractivity contribution in [1.82, 2.24) is 4.90 Å². The van der Waals surface area contributed by atoms with Gasteiger partial charge in [0.2, 0.25) is 5.91 Å². The topological polar surface area (TPSA) is 33.5 Å². The van der Waals surface area contributed by atoms with Gasteiger partial charge in [-0.25, -0.2) is 0 Å². The predicted molar refractivity (Wildman–Crippen MR) is 60.8 cm³/mol. The van der Waals surface area contributed by atoms with Crippen LogP contribution in [0.25, 0.3) is 11.0 Å². The van der Waals surface area contributed by atoms with E-state index in [-0.39, 0.29) is 5.91 Å². The van der Waals surface area contributed by atoms with Crippen LogP contribution in [0.4, 0.5) is 0 Å². The number of amides is 1. The Hall–Kier alpha value is -1.77. The summed E-state index contributed by atoms with van der Waals surface area (Å²) in [5.41, 5.74) is 0.824. The van der Waals surface area contributed by atoms with Crippen molar-refractivity contribution in [3.63, 3.8) is 0 Å². The molecule has 3 heteroatoms. The standard InChI is InChI=1S/C13H12NO2/c15-13(14-6-3-7-14)9-11-8-10-4-1-2-5-12(10)16-11/h1-2,4-5,8-9H,3,6-7H2. The number of carbonyl (C=O) groups excluding carboxylic acids is 1. The summed E-state index contributed by atoms with van der Waals surface area (Å²) < 4.78 is 5.55. The minimum Gasteiger partial charge on any atom is -0.460 e. The summed E-state index contributed by atoms with van der Waals surface area (Å²) in [6, 6.07) is 9.66. The lowest BCUT2D eigenvalue weighted by atomic mass is 10.2. The number of hydrogen-bond donors (Lipinski definition) is 0. The van der Waals surface area contributed by atoms with Crippen LogP contribution >= 0.6 is 0 Å². The molecule has 0 bridgehead atoms. The number of furan rings is 1. The van der Waals surface area contributed by atoms with Crippen LogP contribution in [0.3, 0.4) is 0 Å². The van der Waals surface area contributed by atoms with E-state index in [1.807, 2.05) is 35.2 Å². The molecule has 0 spiro atoms. The third-order valence-electron chi connectivity index (χ3n) is 2.88. The molecule has 1 amide bonds. The van der Waals surface area contributed by atoms with E-state index in [0.29, 0.717) is 5.76 Å². The second kappa shape index (κ2) is 3.67. The van der Waals surface area contributed by atoms with E-state index in [4.69, 9.17) is 4.42 Å². The number of rotatable bonds is 2. The first-order chi connectivity index (χ1) is 7.83. The lowest BCUT2D eigenvalue weighted by Gasteiger charge is -2.30. The van der Waals surface area contributed by atoms with Crippen LogP contribution < -0.4 is 0 Å². The minimum absolute atomic E-state index is 0.0466.